The van der Waals surface area contributed by atoms with Crippen molar-refractivity contribution in [1.82, 2.24) is 0 Å². The Labute approximate surface area is 408 Å². The summed E-state index contributed by atoms with van der Waals surface area (Å²) >= 11 is 0. The van der Waals surface area contributed by atoms with Gasteiger partial charge in [-0.05, 0) is 83.5 Å². The molecule has 380 valence electrons. The zero-order chi connectivity index (χ0) is 47.9. The summed E-state index contributed by atoms with van der Waals surface area (Å²) in [4.78, 5) is 38.0. The summed E-state index contributed by atoms with van der Waals surface area (Å²) in [5.41, 5.74) is 0. The van der Waals surface area contributed by atoms with Gasteiger partial charge in [-0.25, -0.2) is 0 Å². The van der Waals surface area contributed by atoms with Crippen LogP contribution in [0.25, 0.3) is 0 Å². The van der Waals surface area contributed by atoms with E-state index in [1.165, 1.54) is 116 Å². The molecule has 0 saturated heterocycles. The number of allylic oxidation sites excluding steroid dienone is 12. The molecule has 1 unspecified atom stereocenters. The number of carbonyl (C=O) groups excluding carboxylic acids is 3. The minimum atomic E-state index is -0.782. The molecule has 0 rings (SSSR count). The van der Waals surface area contributed by atoms with Crippen molar-refractivity contribution in [3.8, 4) is 0 Å². The van der Waals surface area contributed by atoms with E-state index in [1.807, 2.05) is 0 Å². The highest BCUT2D eigenvalue weighted by molar-refractivity contribution is 5.71. The van der Waals surface area contributed by atoms with Gasteiger partial charge in [-0.15, -0.1) is 0 Å². The average molecular weight is 921 g/mol. The molecule has 0 aliphatic heterocycles. The second-order valence-corrected chi connectivity index (χ2v) is 18.5. The van der Waals surface area contributed by atoms with E-state index >= 15 is 0 Å². The number of carbonyl (C=O) groups is 3. The van der Waals surface area contributed by atoms with Gasteiger partial charge >= 0.3 is 17.9 Å². The molecular weight excluding hydrogens is 817 g/mol. The first-order valence-electron chi connectivity index (χ1n) is 27.9. The monoisotopic (exact) mass is 921 g/mol. The molecule has 0 radical (unpaired) electrons. The molecule has 0 aliphatic carbocycles. The van der Waals surface area contributed by atoms with Crippen LogP contribution in [0, 0.1) is 0 Å². The molecule has 66 heavy (non-hydrogen) atoms. The minimum absolute atomic E-state index is 0.0800. The topological polar surface area (TPSA) is 78.9 Å². The number of unbranched alkanes of at least 4 members (excludes halogenated alkanes) is 27. The van der Waals surface area contributed by atoms with Gasteiger partial charge in [0, 0.05) is 19.3 Å². The maximum atomic E-state index is 12.8. The Kier molecular flexibility index (Phi) is 51.9. The van der Waals surface area contributed by atoms with Gasteiger partial charge in [0.15, 0.2) is 6.10 Å². The van der Waals surface area contributed by atoms with Crippen LogP contribution in [0.4, 0.5) is 0 Å². The lowest BCUT2D eigenvalue weighted by molar-refractivity contribution is -0.167. The van der Waals surface area contributed by atoms with Crippen LogP contribution in [-0.4, -0.2) is 37.2 Å². The third kappa shape index (κ3) is 51.8. The van der Waals surface area contributed by atoms with Crippen molar-refractivity contribution in [3.63, 3.8) is 0 Å². The van der Waals surface area contributed by atoms with E-state index < -0.39 is 6.10 Å². The van der Waals surface area contributed by atoms with Crippen LogP contribution in [0.1, 0.15) is 271 Å². The van der Waals surface area contributed by atoms with Crippen LogP contribution in [-0.2, 0) is 28.6 Å². The Balaban J connectivity index is 4.29. The van der Waals surface area contributed by atoms with Gasteiger partial charge in [-0.3, -0.25) is 14.4 Å². The number of hydrogen-bond acceptors (Lipinski definition) is 6. The highest BCUT2D eigenvalue weighted by Crippen LogP contribution is 2.15. The van der Waals surface area contributed by atoms with Crippen LogP contribution in [0.15, 0.2) is 72.9 Å². The second kappa shape index (κ2) is 54.5. The first kappa shape index (κ1) is 62.8. The summed E-state index contributed by atoms with van der Waals surface area (Å²) in [5, 5.41) is 0. The van der Waals surface area contributed by atoms with Gasteiger partial charge in [-0.1, -0.05) is 241 Å². The number of ether oxygens (including phenoxy) is 3. The minimum Gasteiger partial charge on any atom is -0.462 e. The Morgan fingerprint density at radius 3 is 0.985 bits per heavy atom. The van der Waals surface area contributed by atoms with Gasteiger partial charge in [0.25, 0.3) is 0 Å². The Morgan fingerprint density at radius 2 is 0.621 bits per heavy atom. The molecule has 6 nitrogen and oxygen atoms in total. The van der Waals surface area contributed by atoms with Crippen LogP contribution in [0.5, 0.6) is 0 Å². The first-order valence-corrected chi connectivity index (χ1v) is 27.9. The summed E-state index contributed by atoms with van der Waals surface area (Å²) in [7, 11) is 0. The summed E-state index contributed by atoms with van der Waals surface area (Å²) in [6, 6.07) is 0. The first-order chi connectivity index (χ1) is 32.5. The standard InChI is InChI=1S/C60H104O6/c1-4-7-10-13-16-19-22-25-26-27-28-29-30-31-32-33-34-36-38-41-44-47-50-53-59(62)65-56-57(55-64-58(61)52-49-46-43-40-37-24-21-18-15-12-9-6-3)66-60(63)54-51-48-45-42-39-35-23-20-17-14-11-8-5-2/h7,10-11,14,16,19-20,23,25-26,28-29,57H,4-6,8-9,12-13,15,17-18,21-22,24,27,30-56H2,1-3H3/b10-7-,14-11-,19-16-,23-20-,26-25-,29-28-. The number of rotatable bonds is 50. The van der Waals surface area contributed by atoms with Gasteiger partial charge in [0.1, 0.15) is 13.2 Å². The summed E-state index contributed by atoms with van der Waals surface area (Å²) in [6.45, 7) is 6.46. The van der Waals surface area contributed by atoms with E-state index in [2.05, 4.69) is 93.7 Å². The maximum absolute atomic E-state index is 12.8. The third-order valence-corrected chi connectivity index (χ3v) is 11.9. The molecule has 0 aliphatic rings. The van der Waals surface area contributed by atoms with E-state index in [4.69, 9.17) is 14.2 Å². The van der Waals surface area contributed by atoms with E-state index in [-0.39, 0.29) is 31.1 Å². The normalized spacial score (nSPS) is 12.6. The number of hydrogen-bond donors (Lipinski definition) is 0. The number of esters is 3. The van der Waals surface area contributed by atoms with Gasteiger partial charge in [0.2, 0.25) is 0 Å². The molecule has 0 fully saturated rings. The van der Waals surface area contributed by atoms with Gasteiger partial charge < -0.3 is 14.2 Å². The zero-order valence-corrected chi connectivity index (χ0v) is 43.4. The van der Waals surface area contributed by atoms with Crippen molar-refractivity contribution < 1.29 is 28.6 Å². The predicted octanol–water partition coefficient (Wildman–Crippen LogP) is 18.6. The fourth-order valence-electron chi connectivity index (χ4n) is 7.77. The van der Waals surface area contributed by atoms with Crippen LogP contribution >= 0.6 is 0 Å². The van der Waals surface area contributed by atoms with E-state index in [1.54, 1.807) is 0 Å². The summed E-state index contributed by atoms with van der Waals surface area (Å²) < 4.78 is 16.8. The van der Waals surface area contributed by atoms with E-state index in [0.29, 0.717) is 19.3 Å². The highest BCUT2D eigenvalue weighted by Gasteiger charge is 2.19. The second-order valence-electron chi connectivity index (χ2n) is 18.5. The largest absolute Gasteiger partial charge is 0.462 e. The fourth-order valence-corrected chi connectivity index (χ4v) is 7.77. The molecule has 0 aromatic heterocycles. The van der Waals surface area contributed by atoms with Crippen molar-refractivity contribution in [2.24, 2.45) is 0 Å². The maximum Gasteiger partial charge on any atom is 0.306 e. The zero-order valence-electron chi connectivity index (χ0n) is 43.4. The highest BCUT2D eigenvalue weighted by atomic mass is 16.6. The van der Waals surface area contributed by atoms with E-state index in [9.17, 15) is 14.4 Å². The molecular formula is C60H104O6. The molecule has 1 atom stereocenters. The molecule has 0 saturated carbocycles. The molecule has 0 bridgehead atoms. The molecule has 0 amide bonds. The molecule has 0 aromatic carbocycles. The van der Waals surface area contributed by atoms with Gasteiger partial charge in [0.05, 0.1) is 0 Å². The van der Waals surface area contributed by atoms with Crippen molar-refractivity contribution in [2.75, 3.05) is 13.2 Å². The van der Waals surface area contributed by atoms with Crippen molar-refractivity contribution in [3.05, 3.63) is 72.9 Å². The molecule has 6 heteroatoms. The lowest BCUT2D eigenvalue weighted by Crippen LogP contribution is -2.30. The fraction of sp³-hybridized carbons (Fsp3) is 0.750. The average Bonchev–Trinajstić information content (AvgIpc) is 3.31. The molecule has 0 spiro atoms. The Hall–Kier alpha value is -3.15. The lowest BCUT2D eigenvalue weighted by atomic mass is 10.0. The lowest BCUT2D eigenvalue weighted by Gasteiger charge is -2.18. The third-order valence-electron chi connectivity index (χ3n) is 11.9. The Morgan fingerprint density at radius 1 is 0.318 bits per heavy atom. The predicted molar refractivity (Wildman–Crippen MR) is 284 cm³/mol. The SMILES string of the molecule is CC/C=C\C/C=C\C/C=C\C/C=C\CCCCCCCCCCCCC(=O)OCC(COC(=O)CCCCCCCCCCCCCC)OC(=O)CCCCCCC/C=C\C/C=C\CCC. The van der Waals surface area contributed by atoms with Crippen LogP contribution in [0.2, 0.25) is 0 Å². The molecule has 0 aromatic rings. The van der Waals surface area contributed by atoms with E-state index in [0.717, 1.165) is 116 Å². The quantitative estimate of drug-likeness (QED) is 0.0262. The van der Waals surface area contributed by atoms with Crippen molar-refractivity contribution in [1.29, 1.82) is 0 Å². The van der Waals surface area contributed by atoms with Gasteiger partial charge in [-0.2, -0.15) is 0 Å². The molecule has 0 heterocycles. The van der Waals surface area contributed by atoms with Crippen molar-refractivity contribution >= 4 is 17.9 Å². The smallest absolute Gasteiger partial charge is 0.306 e. The summed E-state index contributed by atoms with van der Waals surface area (Å²) in [6.07, 6.45) is 68.9. The van der Waals surface area contributed by atoms with Crippen LogP contribution < -0.4 is 0 Å². The van der Waals surface area contributed by atoms with Crippen LogP contribution in [0.3, 0.4) is 0 Å². The summed E-state index contributed by atoms with van der Waals surface area (Å²) in [5.74, 6) is -0.893. The Bertz CT molecular complexity index is 1240. The molecule has 0 N–H and O–H groups in total. The van der Waals surface area contributed by atoms with Crippen molar-refractivity contribution in [2.45, 2.75) is 277 Å².